The van der Waals surface area contributed by atoms with Gasteiger partial charge in [0.1, 0.15) is 6.04 Å². The molecule has 6 nitrogen and oxygen atoms in total. The number of amides is 2. The zero-order valence-electron chi connectivity index (χ0n) is 21.7. The van der Waals surface area contributed by atoms with E-state index in [9.17, 15) is 14.4 Å². The van der Waals surface area contributed by atoms with Crippen molar-refractivity contribution < 1.29 is 14.4 Å². The third kappa shape index (κ3) is 5.54. The fourth-order valence-corrected chi connectivity index (χ4v) is 5.42. The summed E-state index contributed by atoms with van der Waals surface area (Å²) in [4.78, 5) is 45.2. The lowest BCUT2D eigenvalue weighted by molar-refractivity contribution is -0.127. The highest BCUT2D eigenvalue weighted by Gasteiger charge is 2.34. The maximum absolute atomic E-state index is 14.2. The second-order valence-electron chi connectivity index (χ2n) is 10.1. The molecule has 6 heteroatoms. The van der Waals surface area contributed by atoms with Crippen LogP contribution in [0, 0.1) is 0 Å². The number of fused-ring (bicyclic) bond motifs is 1. The normalized spacial score (nSPS) is 14.7. The van der Waals surface area contributed by atoms with Crippen molar-refractivity contribution in [1.82, 2.24) is 10.3 Å². The quantitative estimate of drug-likeness (QED) is 0.281. The third-order valence-electron chi connectivity index (χ3n) is 7.39. The average molecular weight is 508 g/mol. The van der Waals surface area contributed by atoms with Crippen LogP contribution >= 0.6 is 0 Å². The lowest BCUT2D eigenvalue weighted by Gasteiger charge is -2.33. The first-order valence-electron chi connectivity index (χ1n) is 13.3. The second kappa shape index (κ2) is 11.5. The number of para-hydroxylation sites is 1. The van der Waals surface area contributed by atoms with Crippen molar-refractivity contribution in [1.29, 1.82) is 0 Å². The minimum Gasteiger partial charge on any atom is -0.361 e. The van der Waals surface area contributed by atoms with E-state index in [1.165, 1.54) is 13.3 Å². The molecular formula is C32H33N3O3. The van der Waals surface area contributed by atoms with Gasteiger partial charge in [-0.1, -0.05) is 79.9 Å². The van der Waals surface area contributed by atoms with Gasteiger partial charge in [-0.2, -0.15) is 0 Å². The van der Waals surface area contributed by atoms with Crippen molar-refractivity contribution in [3.05, 3.63) is 102 Å². The van der Waals surface area contributed by atoms with E-state index in [-0.39, 0.29) is 30.1 Å². The summed E-state index contributed by atoms with van der Waals surface area (Å²) in [6.45, 7) is 1.50. The highest BCUT2D eigenvalue weighted by Crippen LogP contribution is 2.31. The Morgan fingerprint density at radius 2 is 1.66 bits per heavy atom. The topological polar surface area (TPSA) is 82.3 Å². The molecule has 1 aromatic heterocycles. The summed E-state index contributed by atoms with van der Waals surface area (Å²) in [5.74, 6) is -0.523. The van der Waals surface area contributed by atoms with Gasteiger partial charge < -0.3 is 10.3 Å². The van der Waals surface area contributed by atoms with Gasteiger partial charge in [-0.05, 0) is 49.1 Å². The first-order chi connectivity index (χ1) is 18.5. The number of Topliss-reactive ketones (excluding diaryl/α,β-unsaturated/α-hetero) is 1. The number of carbonyl (C=O) groups is 3. The smallest absolute Gasteiger partial charge is 0.248 e. The Morgan fingerprint density at radius 3 is 2.42 bits per heavy atom. The first-order valence-corrected chi connectivity index (χ1v) is 13.3. The molecule has 1 fully saturated rings. The van der Waals surface area contributed by atoms with Crippen molar-refractivity contribution >= 4 is 34.2 Å². The second-order valence-corrected chi connectivity index (χ2v) is 10.1. The van der Waals surface area contributed by atoms with Crippen LogP contribution in [0.3, 0.4) is 0 Å². The molecule has 1 aliphatic rings. The number of H-pyrrole nitrogens is 1. The molecule has 5 rings (SSSR count). The number of hydrogen-bond donors (Lipinski definition) is 2. The van der Waals surface area contributed by atoms with E-state index in [1.54, 1.807) is 29.2 Å². The van der Waals surface area contributed by atoms with E-state index in [4.69, 9.17) is 0 Å². The number of hydrogen-bond acceptors (Lipinski definition) is 3. The SMILES string of the molecule is CC(=O)c1cccc(N(C(=O)Cc2c[nH]c3ccccc23)C(C(=O)NC2CCCCC2)c2ccccc2)c1. The molecule has 0 radical (unpaired) electrons. The van der Waals surface area contributed by atoms with Crippen LogP contribution in [0.25, 0.3) is 10.9 Å². The molecule has 194 valence electrons. The number of aromatic nitrogens is 1. The third-order valence-corrected chi connectivity index (χ3v) is 7.39. The summed E-state index contributed by atoms with van der Waals surface area (Å²) >= 11 is 0. The number of anilines is 1. The summed E-state index contributed by atoms with van der Waals surface area (Å²) in [5.41, 5.74) is 3.55. The van der Waals surface area contributed by atoms with Gasteiger partial charge in [-0.3, -0.25) is 19.3 Å². The fraction of sp³-hybridized carbons (Fsp3) is 0.281. The largest absolute Gasteiger partial charge is 0.361 e. The fourth-order valence-electron chi connectivity index (χ4n) is 5.42. The summed E-state index contributed by atoms with van der Waals surface area (Å²) in [6.07, 6.45) is 7.20. The van der Waals surface area contributed by atoms with Crippen molar-refractivity contribution in [2.24, 2.45) is 0 Å². The van der Waals surface area contributed by atoms with Crippen LogP contribution in [0.2, 0.25) is 0 Å². The van der Waals surface area contributed by atoms with Crippen LogP contribution in [0.4, 0.5) is 5.69 Å². The number of carbonyl (C=O) groups excluding carboxylic acids is 3. The average Bonchev–Trinajstić information content (AvgIpc) is 3.35. The Balaban J connectivity index is 1.57. The van der Waals surface area contributed by atoms with Gasteiger partial charge >= 0.3 is 0 Å². The van der Waals surface area contributed by atoms with Crippen LogP contribution in [0.15, 0.2) is 85.1 Å². The molecule has 1 heterocycles. The van der Waals surface area contributed by atoms with Gasteiger partial charge in [-0.15, -0.1) is 0 Å². The lowest BCUT2D eigenvalue weighted by Crippen LogP contribution is -2.47. The van der Waals surface area contributed by atoms with Gasteiger partial charge in [0.15, 0.2) is 5.78 Å². The Kier molecular flexibility index (Phi) is 7.68. The standard InChI is InChI=1S/C32H33N3O3/c1-22(36)24-13-10-16-27(19-24)35(30(37)20-25-21-33-29-18-9-8-17-28(25)29)31(23-11-4-2-5-12-23)32(38)34-26-14-6-3-7-15-26/h2,4-5,8-13,16-19,21,26,31,33H,3,6-7,14-15,20H2,1H3,(H,34,38). The molecule has 2 N–H and O–H groups in total. The number of nitrogens with zero attached hydrogens (tertiary/aromatic N) is 1. The van der Waals surface area contributed by atoms with Gasteiger partial charge in [0.2, 0.25) is 11.8 Å². The molecule has 1 saturated carbocycles. The Morgan fingerprint density at radius 1 is 0.921 bits per heavy atom. The van der Waals surface area contributed by atoms with Crippen molar-refractivity contribution in [3.63, 3.8) is 0 Å². The molecule has 0 bridgehead atoms. The number of aromatic amines is 1. The van der Waals surface area contributed by atoms with E-state index in [0.29, 0.717) is 11.3 Å². The van der Waals surface area contributed by atoms with Crippen molar-refractivity contribution in [3.8, 4) is 0 Å². The zero-order valence-corrected chi connectivity index (χ0v) is 21.7. The van der Waals surface area contributed by atoms with Crippen molar-refractivity contribution in [2.45, 2.75) is 57.5 Å². The molecular weight excluding hydrogens is 474 g/mol. The van der Waals surface area contributed by atoms with Crippen LogP contribution in [0.5, 0.6) is 0 Å². The van der Waals surface area contributed by atoms with Gasteiger partial charge in [0, 0.05) is 34.4 Å². The van der Waals surface area contributed by atoms with E-state index >= 15 is 0 Å². The number of nitrogens with one attached hydrogen (secondary N) is 2. The first kappa shape index (κ1) is 25.5. The van der Waals surface area contributed by atoms with Crippen LogP contribution in [-0.4, -0.2) is 28.6 Å². The summed E-state index contributed by atoms with van der Waals surface area (Å²) in [7, 11) is 0. The van der Waals surface area contributed by atoms with Gasteiger partial charge in [-0.25, -0.2) is 0 Å². The summed E-state index contributed by atoms with van der Waals surface area (Å²) < 4.78 is 0. The Bertz CT molecular complexity index is 1440. The predicted octanol–water partition coefficient (Wildman–Crippen LogP) is 6.14. The number of benzene rings is 3. The Labute approximate surface area is 223 Å². The Hall–Kier alpha value is -4.19. The molecule has 3 aromatic carbocycles. The van der Waals surface area contributed by atoms with E-state index in [2.05, 4.69) is 10.3 Å². The molecule has 2 amide bonds. The van der Waals surface area contributed by atoms with Gasteiger partial charge in [0.25, 0.3) is 0 Å². The summed E-state index contributed by atoms with van der Waals surface area (Å²) in [6, 6.07) is 23.5. The van der Waals surface area contributed by atoms with E-state index < -0.39 is 6.04 Å². The molecule has 4 aromatic rings. The molecule has 38 heavy (non-hydrogen) atoms. The molecule has 1 atom stereocenters. The van der Waals surface area contributed by atoms with Crippen molar-refractivity contribution in [2.75, 3.05) is 4.90 Å². The minimum atomic E-state index is -0.877. The van der Waals surface area contributed by atoms with Crippen LogP contribution < -0.4 is 10.2 Å². The monoisotopic (exact) mass is 507 g/mol. The number of rotatable bonds is 8. The van der Waals surface area contributed by atoms with Gasteiger partial charge in [0.05, 0.1) is 6.42 Å². The van der Waals surface area contributed by atoms with Crippen LogP contribution in [-0.2, 0) is 16.0 Å². The molecule has 0 spiro atoms. The number of ketones is 1. The highest BCUT2D eigenvalue weighted by atomic mass is 16.2. The molecule has 0 aliphatic heterocycles. The maximum Gasteiger partial charge on any atom is 0.248 e. The van der Waals surface area contributed by atoms with Crippen LogP contribution in [0.1, 0.15) is 66.6 Å². The maximum atomic E-state index is 14.2. The van der Waals surface area contributed by atoms with E-state index in [0.717, 1.165) is 47.7 Å². The lowest BCUT2D eigenvalue weighted by atomic mass is 9.94. The highest BCUT2D eigenvalue weighted by molar-refractivity contribution is 6.04. The van der Waals surface area contributed by atoms with E-state index in [1.807, 2.05) is 60.8 Å². The minimum absolute atomic E-state index is 0.0941. The zero-order chi connectivity index (χ0) is 26.5. The predicted molar refractivity (Wildman–Crippen MR) is 150 cm³/mol. The molecule has 1 aliphatic carbocycles. The summed E-state index contributed by atoms with van der Waals surface area (Å²) in [5, 5.41) is 4.22. The molecule has 0 saturated heterocycles. The molecule has 1 unspecified atom stereocenters.